The van der Waals surface area contributed by atoms with Gasteiger partial charge in [0.2, 0.25) is 0 Å². The van der Waals surface area contributed by atoms with Gasteiger partial charge in [0.15, 0.2) is 0 Å². The summed E-state index contributed by atoms with van der Waals surface area (Å²) >= 11 is 0. The molecule has 0 amide bonds. The van der Waals surface area contributed by atoms with Crippen molar-refractivity contribution in [3.05, 3.63) is 76.9 Å². The molecule has 2 aromatic carbocycles. The first-order valence-corrected chi connectivity index (χ1v) is 7.96. The number of nitro benzene ring substituents is 4. The third-order valence-corrected chi connectivity index (χ3v) is 3.78. The zero-order valence-corrected chi connectivity index (χ0v) is 14.8. The standard InChI is InChI=1S/C15H14N6O8/c1-9(17-13-5-3-11(19(24)25)7-15(13)21(28)29)8-16-12-4-2-10(18(22)23)6-14(12)20(26)27/h2-7,9,16-17H,8H2,1H3/t9-/m1/s1. The summed E-state index contributed by atoms with van der Waals surface area (Å²) in [7, 11) is 0. The van der Waals surface area contributed by atoms with Crippen LogP contribution in [-0.2, 0) is 0 Å². The van der Waals surface area contributed by atoms with Gasteiger partial charge in [-0.05, 0) is 19.1 Å². The van der Waals surface area contributed by atoms with Crippen molar-refractivity contribution in [2.24, 2.45) is 0 Å². The molecule has 0 fully saturated rings. The van der Waals surface area contributed by atoms with Crippen molar-refractivity contribution in [2.75, 3.05) is 17.2 Å². The number of rotatable bonds is 9. The Hall–Kier alpha value is -4.36. The van der Waals surface area contributed by atoms with Gasteiger partial charge in [-0.15, -0.1) is 0 Å². The van der Waals surface area contributed by atoms with Crippen LogP contribution < -0.4 is 10.6 Å². The van der Waals surface area contributed by atoms with Crippen molar-refractivity contribution in [1.29, 1.82) is 0 Å². The van der Waals surface area contributed by atoms with Crippen LogP contribution >= 0.6 is 0 Å². The van der Waals surface area contributed by atoms with Gasteiger partial charge >= 0.3 is 0 Å². The Morgan fingerprint density at radius 1 is 0.759 bits per heavy atom. The molecule has 0 saturated heterocycles. The minimum atomic E-state index is -0.769. The highest BCUT2D eigenvalue weighted by molar-refractivity contribution is 5.67. The first kappa shape index (κ1) is 20.9. The van der Waals surface area contributed by atoms with E-state index in [1.807, 2.05) is 0 Å². The van der Waals surface area contributed by atoms with E-state index in [1.54, 1.807) is 6.92 Å². The van der Waals surface area contributed by atoms with E-state index >= 15 is 0 Å². The maximum absolute atomic E-state index is 11.2. The third-order valence-electron chi connectivity index (χ3n) is 3.78. The Morgan fingerprint density at radius 2 is 1.21 bits per heavy atom. The van der Waals surface area contributed by atoms with Crippen molar-refractivity contribution in [3.8, 4) is 0 Å². The Labute approximate surface area is 161 Å². The lowest BCUT2D eigenvalue weighted by Crippen LogP contribution is -2.25. The average molecular weight is 406 g/mol. The molecule has 2 aromatic rings. The van der Waals surface area contributed by atoms with Crippen molar-refractivity contribution in [1.82, 2.24) is 0 Å². The van der Waals surface area contributed by atoms with Crippen LogP contribution in [0.2, 0.25) is 0 Å². The Kier molecular flexibility index (Phi) is 6.18. The highest BCUT2D eigenvalue weighted by Gasteiger charge is 2.22. The fourth-order valence-electron chi connectivity index (χ4n) is 2.42. The summed E-state index contributed by atoms with van der Waals surface area (Å²) in [5, 5.41) is 49.4. The summed E-state index contributed by atoms with van der Waals surface area (Å²) in [6.45, 7) is 1.68. The maximum Gasteiger partial charge on any atom is 0.299 e. The SMILES string of the molecule is C[C@H](CNc1ccc([N+](=O)[O-])cc1[N+](=O)[O-])Nc1ccc([N+](=O)[O-])cc1[N+](=O)[O-]. The summed E-state index contributed by atoms with van der Waals surface area (Å²) in [4.78, 5) is 40.8. The van der Waals surface area contributed by atoms with Crippen LogP contribution in [0.4, 0.5) is 34.1 Å². The second kappa shape index (κ2) is 8.55. The van der Waals surface area contributed by atoms with Crippen LogP contribution in [-0.4, -0.2) is 32.3 Å². The van der Waals surface area contributed by atoms with E-state index < -0.39 is 48.5 Å². The van der Waals surface area contributed by atoms with Gasteiger partial charge < -0.3 is 10.6 Å². The fourth-order valence-corrected chi connectivity index (χ4v) is 2.42. The quantitative estimate of drug-likeness (QED) is 0.460. The molecule has 0 aromatic heterocycles. The van der Waals surface area contributed by atoms with Gasteiger partial charge in [0.05, 0.1) is 31.8 Å². The lowest BCUT2D eigenvalue weighted by molar-refractivity contribution is -0.393. The second-order valence-electron chi connectivity index (χ2n) is 5.86. The van der Waals surface area contributed by atoms with E-state index in [1.165, 1.54) is 12.1 Å². The number of nitro groups is 4. The lowest BCUT2D eigenvalue weighted by atomic mass is 10.2. The highest BCUT2D eigenvalue weighted by atomic mass is 16.6. The fraction of sp³-hybridized carbons (Fsp3) is 0.200. The van der Waals surface area contributed by atoms with Crippen LogP contribution in [0.3, 0.4) is 0 Å². The zero-order chi connectivity index (χ0) is 21.7. The molecule has 0 spiro atoms. The number of nitrogens with zero attached hydrogens (tertiary/aromatic N) is 4. The first-order valence-electron chi connectivity index (χ1n) is 7.96. The summed E-state index contributed by atoms with van der Waals surface area (Å²) in [5.74, 6) is 0. The van der Waals surface area contributed by atoms with E-state index in [9.17, 15) is 40.5 Å². The van der Waals surface area contributed by atoms with E-state index in [4.69, 9.17) is 0 Å². The molecular formula is C15H14N6O8. The Bertz CT molecular complexity index is 995. The molecular weight excluding hydrogens is 392 g/mol. The zero-order valence-electron chi connectivity index (χ0n) is 14.8. The molecule has 0 aliphatic carbocycles. The number of nitrogens with one attached hydrogen (secondary N) is 2. The topological polar surface area (TPSA) is 197 Å². The third kappa shape index (κ3) is 5.09. The molecule has 0 saturated carbocycles. The van der Waals surface area contributed by atoms with Crippen molar-refractivity contribution < 1.29 is 19.7 Å². The normalized spacial score (nSPS) is 11.3. The van der Waals surface area contributed by atoms with Gasteiger partial charge in [0, 0.05) is 24.7 Å². The summed E-state index contributed by atoms with van der Waals surface area (Å²) in [5.41, 5.74) is -1.79. The van der Waals surface area contributed by atoms with Crippen molar-refractivity contribution in [3.63, 3.8) is 0 Å². The molecule has 0 radical (unpaired) electrons. The van der Waals surface area contributed by atoms with E-state index in [0.717, 1.165) is 24.3 Å². The molecule has 2 N–H and O–H groups in total. The highest BCUT2D eigenvalue weighted by Crippen LogP contribution is 2.31. The van der Waals surface area contributed by atoms with Crippen LogP contribution in [0.5, 0.6) is 0 Å². The van der Waals surface area contributed by atoms with Gasteiger partial charge in [-0.25, -0.2) is 0 Å². The van der Waals surface area contributed by atoms with E-state index in [2.05, 4.69) is 10.6 Å². The molecule has 29 heavy (non-hydrogen) atoms. The van der Waals surface area contributed by atoms with Gasteiger partial charge in [-0.3, -0.25) is 40.5 Å². The number of benzene rings is 2. The molecule has 0 aliphatic rings. The van der Waals surface area contributed by atoms with Crippen molar-refractivity contribution in [2.45, 2.75) is 13.0 Å². The van der Waals surface area contributed by atoms with Crippen molar-refractivity contribution >= 4 is 34.1 Å². The molecule has 0 heterocycles. The Balaban J connectivity index is 2.15. The summed E-state index contributed by atoms with van der Waals surface area (Å²) in [6, 6.07) is 5.75. The number of anilines is 2. The van der Waals surface area contributed by atoms with Crippen LogP contribution in [0, 0.1) is 40.5 Å². The largest absolute Gasteiger partial charge is 0.377 e. The average Bonchev–Trinajstić information content (AvgIpc) is 2.65. The first-order chi connectivity index (χ1) is 13.6. The number of hydrogen-bond donors (Lipinski definition) is 2. The maximum atomic E-state index is 11.2. The van der Waals surface area contributed by atoms with E-state index in [-0.39, 0.29) is 17.9 Å². The molecule has 0 unspecified atom stereocenters. The smallest absolute Gasteiger partial charge is 0.299 e. The number of non-ortho nitro benzene ring substituents is 2. The minimum absolute atomic E-state index is 0.0347. The predicted molar refractivity (Wildman–Crippen MR) is 101 cm³/mol. The van der Waals surface area contributed by atoms with Gasteiger partial charge in [-0.2, -0.15) is 0 Å². The molecule has 2 rings (SSSR count). The van der Waals surface area contributed by atoms with Crippen LogP contribution in [0.25, 0.3) is 0 Å². The van der Waals surface area contributed by atoms with Gasteiger partial charge in [0.1, 0.15) is 11.4 Å². The summed E-state index contributed by atoms with van der Waals surface area (Å²) in [6.07, 6.45) is 0. The minimum Gasteiger partial charge on any atom is -0.377 e. The second-order valence-corrected chi connectivity index (χ2v) is 5.86. The van der Waals surface area contributed by atoms with Gasteiger partial charge in [-0.1, -0.05) is 0 Å². The molecule has 1 atom stereocenters. The Morgan fingerprint density at radius 3 is 1.66 bits per heavy atom. The van der Waals surface area contributed by atoms with Crippen LogP contribution in [0.1, 0.15) is 6.92 Å². The lowest BCUT2D eigenvalue weighted by Gasteiger charge is -2.16. The molecule has 0 bridgehead atoms. The number of hydrogen-bond acceptors (Lipinski definition) is 10. The summed E-state index contributed by atoms with van der Waals surface area (Å²) < 4.78 is 0. The molecule has 14 nitrogen and oxygen atoms in total. The molecule has 152 valence electrons. The van der Waals surface area contributed by atoms with E-state index in [0.29, 0.717) is 0 Å². The molecule has 14 heteroatoms. The van der Waals surface area contributed by atoms with Crippen LogP contribution in [0.15, 0.2) is 36.4 Å². The monoisotopic (exact) mass is 406 g/mol. The molecule has 0 aliphatic heterocycles. The predicted octanol–water partition coefficient (Wildman–Crippen LogP) is 3.23. The van der Waals surface area contributed by atoms with Gasteiger partial charge in [0.25, 0.3) is 22.7 Å².